The van der Waals surface area contributed by atoms with Crippen LogP contribution >= 0.6 is 11.6 Å². The van der Waals surface area contributed by atoms with Gasteiger partial charge in [0, 0.05) is 31.9 Å². The van der Waals surface area contributed by atoms with Crippen LogP contribution in [0.15, 0.2) is 30.6 Å². The minimum absolute atomic E-state index is 0.306. The van der Waals surface area contributed by atoms with Crippen molar-refractivity contribution in [3.63, 3.8) is 0 Å². The number of nitrogens with zero attached hydrogens (tertiary/aromatic N) is 3. The van der Waals surface area contributed by atoms with E-state index in [0.29, 0.717) is 47.4 Å². The highest BCUT2D eigenvalue weighted by atomic mass is 35.5. The van der Waals surface area contributed by atoms with Crippen LogP contribution in [0.5, 0.6) is 11.6 Å². The molecule has 0 N–H and O–H groups in total. The highest BCUT2D eigenvalue weighted by Gasteiger charge is 2.29. The van der Waals surface area contributed by atoms with Crippen molar-refractivity contribution < 1.29 is 19.0 Å². The fourth-order valence-corrected chi connectivity index (χ4v) is 4.78. The molecular formula is C24H30ClN3O4. The van der Waals surface area contributed by atoms with Gasteiger partial charge in [0.25, 0.3) is 0 Å². The molecule has 0 radical (unpaired) electrons. The number of aromatic nitrogens is 2. The molecule has 0 amide bonds. The maximum absolute atomic E-state index is 11.7. The van der Waals surface area contributed by atoms with E-state index in [1.54, 1.807) is 18.5 Å². The lowest BCUT2D eigenvalue weighted by Gasteiger charge is -2.32. The van der Waals surface area contributed by atoms with Crippen LogP contribution in [-0.4, -0.2) is 67.2 Å². The van der Waals surface area contributed by atoms with Crippen LogP contribution in [0.2, 0.25) is 5.15 Å². The summed E-state index contributed by atoms with van der Waals surface area (Å²) < 4.78 is 17.2. The second-order valence-electron chi connectivity index (χ2n) is 8.33. The van der Waals surface area contributed by atoms with Crippen molar-refractivity contribution >= 4 is 17.9 Å². The molecule has 7 nitrogen and oxygen atoms in total. The van der Waals surface area contributed by atoms with Crippen molar-refractivity contribution in [2.24, 2.45) is 5.92 Å². The first-order valence-electron chi connectivity index (χ1n) is 11.4. The van der Waals surface area contributed by atoms with Crippen LogP contribution < -0.4 is 9.47 Å². The van der Waals surface area contributed by atoms with E-state index in [9.17, 15) is 4.79 Å². The first-order chi connectivity index (χ1) is 15.7. The van der Waals surface area contributed by atoms with Crippen molar-refractivity contribution in [1.29, 1.82) is 0 Å². The Morgan fingerprint density at radius 2 is 2.03 bits per heavy atom. The van der Waals surface area contributed by atoms with Gasteiger partial charge in [-0.05, 0) is 36.3 Å². The highest BCUT2D eigenvalue weighted by molar-refractivity contribution is 6.30. The summed E-state index contributed by atoms with van der Waals surface area (Å²) in [5.74, 6) is 1.54. The smallest absolute Gasteiger partial charge is 0.214 e. The number of carbonyl (C=O) groups excluding carboxylic acids is 1. The number of halogens is 1. The summed E-state index contributed by atoms with van der Waals surface area (Å²) in [6.07, 6.45) is 8.55. The number of pyridine rings is 2. The summed E-state index contributed by atoms with van der Waals surface area (Å²) in [5.41, 5.74) is 1.54. The van der Waals surface area contributed by atoms with E-state index < -0.39 is 0 Å². The third-order valence-electron chi connectivity index (χ3n) is 6.31. The zero-order chi connectivity index (χ0) is 22.2. The SMILES string of the molecule is O=Cc1cc(OCCN2CCOCC2)ncc1OCC1CCCCC1c1cccnc1Cl. The average molecular weight is 460 g/mol. The molecule has 0 aromatic carbocycles. The Labute approximate surface area is 194 Å². The average Bonchev–Trinajstić information content (AvgIpc) is 2.84. The van der Waals surface area contributed by atoms with Crippen LogP contribution in [-0.2, 0) is 4.74 Å². The molecule has 3 heterocycles. The van der Waals surface area contributed by atoms with E-state index in [4.69, 9.17) is 25.8 Å². The standard InChI is InChI=1S/C24H30ClN3O4/c25-24-21(6-3-7-26-24)20-5-2-1-4-18(20)17-32-22-15-27-23(14-19(22)16-29)31-13-10-28-8-11-30-12-9-28/h3,6-7,14-16,18,20H,1-2,4-5,8-13,17H2. The summed E-state index contributed by atoms with van der Waals surface area (Å²) in [6, 6.07) is 5.64. The zero-order valence-electron chi connectivity index (χ0n) is 18.2. The number of carbonyl (C=O) groups is 1. The lowest BCUT2D eigenvalue weighted by atomic mass is 9.76. The lowest BCUT2D eigenvalue weighted by molar-refractivity contribution is 0.0320. The molecule has 32 heavy (non-hydrogen) atoms. The Morgan fingerprint density at radius 3 is 2.84 bits per heavy atom. The molecule has 1 aliphatic heterocycles. The second-order valence-corrected chi connectivity index (χ2v) is 8.68. The largest absolute Gasteiger partial charge is 0.491 e. The molecule has 2 aromatic heterocycles. The topological polar surface area (TPSA) is 73.8 Å². The number of ether oxygens (including phenoxy) is 3. The normalized spacial score (nSPS) is 21.8. The molecule has 2 atom stereocenters. The van der Waals surface area contributed by atoms with Crippen LogP contribution in [0, 0.1) is 5.92 Å². The molecule has 2 fully saturated rings. The van der Waals surface area contributed by atoms with Gasteiger partial charge >= 0.3 is 0 Å². The quantitative estimate of drug-likeness (QED) is 0.414. The maximum atomic E-state index is 11.7. The number of rotatable bonds is 9. The first-order valence-corrected chi connectivity index (χ1v) is 11.7. The molecular weight excluding hydrogens is 430 g/mol. The number of hydrogen-bond donors (Lipinski definition) is 0. The van der Waals surface area contributed by atoms with Gasteiger partial charge in [0.05, 0.1) is 31.6 Å². The third kappa shape index (κ3) is 5.97. The third-order valence-corrected chi connectivity index (χ3v) is 6.63. The van der Waals surface area contributed by atoms with Gasteiger partial charge in [-0.15, -0.1) is 0 Å². The number of morpholine rings is 1. The van der Waals surface area contributed by atoms with Crippen molar-refractivity contribution in [3.05, 3.63) is 46.9 Å². The summed E-state index contributed by atoms with van der Waals surface area (Å²) in [7, 11) is 0. The minimum Gasteiger partial charge on any atom is -0.491 e. The zero-order valence-corrected chi connectivity index (χ0v) is 19.0. The Hall–Kier alpha value is -2.22. The van der Waals surface area contributed by atoms with Crippen LogP contribution in [0.4, 0.5) is 0 Å². The number of hydrogen-bond acceptors (Lipinski definition) is 7. The van der Waals surface area contributed by atoms with Gasteiger partial charge in [0.2, 0.25) is 5.88 Å². The molecule has 172 valence electrons. The predicted octanol–water partition coefficient (Wildman–Crippen LogP) is 4.01. The number of aldehydes is 1. The molecule has 1 saturated carbocycles. The molecule has 2 aliphatic rings. The molecule has 1 saturated heterocycles. The van der Waals surface area contributed by atoms with Gasteiger partial charge in [-0.2, -0.15) is 0 Å². The molecule has 1 aliphatic carbocycles. The van der Waals surface area contributed by atoms with Gasteiger partial charge in [-0.1, -0.05) is 30.5 Å². The van der Waals surface area contributed by atoms with E-state index in [2.05, 4.69) is 20.9 Å². The highest BCUT2D eigenvalue weighted by Crippen LogP contribution is 2.40. The second kappa shape index (κ2) is 11.6. The van der Waals surface area contributed by atoms with E-state index in [1.165, 1.54) is 6.42 Å². The molecule has 4 rings (SSSR count). The maximum Gasteiger partial charge on any atom is 0.214 e. The van der Waals surface area contributed by atoms with E-state index in [1.807, 2.05) is 6.07 Å². The summed E-state index contributed by atoms with van der Waals surface area (Å²) in [5, 5.41) is 0.568. The fourth-order valence-electron chi connectivity index (χ4n) is 4.52. The Kier molecular flexibility index (Phi) is 8.31. The van der Waals surface area contributed by atoms with Crippen molar-refractivity contribution in [3.8, 4) is 11.6 Å². The summed E-state index contributed by atoms with van der Waals surface area (Å²) in [4.78, 5) is 22.5. The molecule has 8 heteroatoms. The fraction of sp³-hybridized carbons (Fsp3) is 0.542. The predicted molar refractivity (Wildman–Crippen MR) is 122 cm³/mol. The first kappa shape index (κ1) is 23.0. The Morgan fingerprint density at radius 1 is 1.19 bits per heavy atom. The lowest BCUT2D eigenvalue weighted by Crippen LogP contribution is -2.38. The van der Waals surface area contributed by atoms with Gasteiger partial charge in [-0.25, -0.2) is 9.97 Å². The molecule has 2 unspecified atom stereocenters. The van der Waals surface area contributed by atoms with E-state index >= 15 is 0 Å². The van der Waals surface area contributed by atoms with Crippen LogP contribution in [0.3, 0.4) is 0 Å². The van der Waals surface area contributed by atoms with Crippen molar-refractivity contribution in [1.82, 2.24) is 14.9 Å². The van der Waals surface area contributed by atoms with Gasteiger partial charge < -0.3 is 14.2 Å². The Bertz CT molecular complexity index is 891. The van der Waals surface area contributed by atoms with Gasteiger partial charge in [0.1, 0.15) is 17.5 Å². The van der Waals surface area contributed by atoms with Gasteiger partial charge in [0.15, 0.2) is 6.29 Å². The molecule has 0 spiro atoms. The van der Waals surface area contributed by atoms with Gasteiger partial charge in [-0.3, -0.25) is 9.69 Å². The molecule has 2 aromatic rings. The van der Waals surface area contributed by atoms with E-state index in [-0.39, 0.29) is 0 Å². The monoisotopic (exact) mass is 459 g/mol. The summed E-state index contributed by atoms with van der Waals surface area (Å²) >= 11 is 6.36. The Balaban J connectivity index is 1.34. The molecule has 0 bridgehead atoms. The van der Waals surface area contributed by atoms with Crippen LogP contribution in [0.25, 0.3) is 0 Å². The van der Waals surface area contributed by atoms with Crippen molar-refractivity contribution in [2.45, 2.75) is 31.6 Å². The van der Waals surface area contributed by atoms with Crippen molar-refractivity contribution in [2.75, 3.05) is 46.1 Å². The van der Waals surface area contributed by atoms with Crippen LogP contribution in [0.1, 0.15) is 47.5 Å². The summed E-state index contributed by atoms with van der Waals surface area (Å²) in [6.45, 7) is 5.17. The minimum atomic E-state index is 0.306. The van der Waals surface area contributed by atoms with E-state index in [0.717, 1.165) is 64.0 Å².